The van der Waals surface area contributed by atoms with Crippen molar-refractivity contribution >= 4 is 35.2 Å². The first-order valence-corrected chi connectivity index (χ1v) is 9.10. The Morgan fingerprint density at radius 3 is 2.88 bits per heavy atom. The van der Waals surface area contributed by atoms with E-state index in [4.69, 9.17) is 20.8 Å². The molecule has 1 amide bonds. The van der Waals surface area contributed by atoms with Crippen LogP contribution in [0.1, 0.15) is 19.8 Å². The SMILES string of the molecule is C[C@H](OC(=O)CSc1nnc(-c2ccccc2Cl)o1)C(=O)NC1CC1. The minimum Gasteiger partial charge on any atom is -0.452 e. The van der Waals surface area contributed by atoms with E-state index in [9.17, 15) is 9.59 Å². The van der Waals surface area contributed by atoms with E-state index in [2.05, 4.69) is 15.5 Å². The first-order valence-electron chi connectivity index (χ1n) is 7.74. The number of amides is 1. The van der Waals surface area contributed by atoms with Crippen molar-refractivity contribution in [2.24, 2.45) is 0 Å². The zero-order chi connectivity index (χ0) is 17.8. The highest BCUT2D eigenvalue weighted by atomic mass is 35.5. The number of hydrogen-bond donors (Lipinski definition) is 1. The molecule has 0 aliphatic heterocycles. The van der Waals surface area contributed by atoms with Crippen molar-refractivity contribution < 1.29 is 18.7 Å². The van der Waals surface area contributed by atoms with Crippen LogP contribution in [0, 0.1) is 0 Å². The molecule has 0 bridgehead atoms. The number of esters is 1. The van der Waals surface area contributed by atoms with Crippen molar-refractivity contribution in [3.8, 4) is 11.5 Å². The number of thioether (sulfide) groups is 1. The molecule has 3 rings (SSSR count). The standard InChI is InChI=1S/C16H16ClN3O4S/c1-9(14(22)18-10-6-7-10)23-13(21)8-25-16-20-19-15(24-16)11-4-2-3-5-12(11)17/h2-5,9-10H,6-8H2,1H3,(H,18,22)/t9-/m0/s1. The maximum Gasteiger partial charge on any atom is 0.317 e. The maximum atomic E-state index is 11.8. The van der Waals surface area contributed by atoms with E-state index in [1.165, 1.54) is 0 Å². The number of ether oxygens (including phenoxy) is 1. The van der Waals surface area contributed by atoms with E-state index in [0.717, 1.165) is 24.6 Å². The second kappa shape index (κ2) is 7.88. The summed E-state index contributed by atoms with van der Waals surface area (Å²) >= 11 is 7.12. The zero-order valence-electron chi connectivity index (χ0n) is 13.4. The molecule has 1 saturated carbocycles. The summed E-state index contributed by atoms with van der Waals surface area (Å²) in [6.45, 7) is 1.54. The molecule has 1 aliphatic carbocycles. The molecule has 1 fully saturated rings. The van der Waals surface area contributed by atoms with Crippen LogP contribution in [-0.4, -0.2) is 40.0 Å². The van der Waals surface area contributed by atoms with Gasteiger partial charge in [0, 0.05) is 6.04 Å². The van der Waals surface area contributed by atoms with Crippen LogP contribution >= 0.6 is 23.4 Å². The molecule has 9 heteroatoms. The Balaban J connectivity index is 1.49. The second-order valence-electron chi connectivity index (χ2n) is 5.56. The number of hydrogen-bond acceptors (Lipinski definition) is 7. The molecule has 0 radical (unpaired) electrons. The minimum absolute atomic E-state index is 0.0365. The van der Waals surface area contributed by atoms with E-state index >= 15 is 0 Å². The maximum absolute atomic E-state index is 11.8. The molecular weight excluding hydrogens is 366 g/mol. The van der Waals surface area contributed by atoms with Crippen LogP contribution in [0.25, 0.3) is 11.5 Å². The van der Waals surface area contributed by atoms with Gasteiger partial charge in [-0.15, -0.1) is 10.2 Å². The van der Waals surface area contributed by atoms with Gasteiger partial charge in [-0.05, 0) is 31.9 Å². The van der Waals surface area contributed by atoms with Gasteiger partial charge in [0.05, 0.1) is 10.6 Å². The average Bonchev–Trinajstić information content (AvgIpc) is 3.28. The highest BCUT2D eigenvalue weighted by molar-refractivity contribution is 7.99. The van der Waals surface area contributed by atoms with Gasteiger partial charge in [0.2, 0.25) is 5.89 Å². The van der Waals surface area contributed by atoms with E-state index in [1.807, 2.05) is 6.07 Å². The van der Waals surface area contributed by atoms with E-state index in [0.29, 0.717) is 10.6 Å². The molecule has 1 atom stereocenters. The van der Waals surface area contributed by atoms with Crippen molar-refractivity contribution in [2.45, 2.75) is 37.1 Å². The summed E-state index contributed by atoms with van der Waals surface area (Å²) in [5.74, 6) is -0.565. The van der Waals surface area contributed by atoms with Gasteiger partial charge in [0.25, 0.3) is 11.1 Å². The average molecular weight is 382 g/mol. The van der Waals surface area contributed by atoms with Crippen LogP contribution in [0.4, 0.5) is 0 Å². The Morgan fingerprint density at radius 2 is 2.16 bits per heavy atom. The lowest BCUT2D eigenvalue weighted by molar-refractivity contribution is -0.152. The van der Waals surface area contributed by atoms with Gasteiger partial charge < -0.3 is 14.5 Å². The fourth-order valence-electron chi connectivity index (χ4n) is 1.96. The Labute approximate surface area is 153 Å². The Hall–Kier alpha value is -2.06. The Bertz CT molecular complexity index is 778. The number of nitrogens with one attached hydrogen (secondary N) is 1. The van der Waals surface area contributed by atoms with Gasteiger partial charge in [-0.1, -0.05) is 35.5 Å². The fourth-order valence-corrected chi connectivity index (χ4v) is 2.73. The number of aromatic nitrogens is 2. The molecule has 1 aliphatic rings. The predicted molar refractivity (Wildman–Crippen MR) is 92.2 cm³/mol. The first kappa shape index (κ1) is 17.8. The molecule has 1 heterocycles. The van der Waals surface area contributed by atoms with Crippen molar-refractivity contribution in [1.29, 1.82) is 0 Å². The lowest BCUT2D eigenvalue weighted by atomic mass is 10.2. The van der Waals surface area contributed by atoms with Crippen molar-refractivity contribution in [3.63, 3.8) is 0 Å². The summed E-state index contributed by atoms with van der Waals surface area (Å²) in [5.41, 5.74) is 0.622. The van der Waals surface area contributed by atoms with Gasteiger partial charge in [-0.25, -0.2) is 0 Å². The third kappa shape index (κ3) is 4.96. The molecule has 2 aromatic rings. The molecule has 1 aromatic carbocycles. The number of carbonyl (C=O) groups is 2. The number of rotatable bonds is 7. The summed E-state index contributed by atoms with van der Waals surface area (Å²) in [6, 6.07) is 7.32. The number of carbonyl (C=O) groups excluding carboxylic acids is 2. The summed E-state index contributed by atoms with van der Waals surface area (Å²) < 4.78 is 10.6. The molecule has 0 saturated heterocycles. The third-order valence-electron chi connectivity index (χ3n) is 3.43. The lowest BCUT2D eigenvalue weighted by Crippen LogP contribution is -2.37. The smallest absolute Gasteiger partial charge is 0.317 e. The molecule has 1 N–H and O–H groups in total. The van der Waals surface area contributed by atoms with Crippen molar-refractivity contribution in [2.75, 3.05) is 5.75 Å². The molecule has 1 aromatic heterocycles. The van der Waals surface area contributed by atoms with Gasteiger partial charge in [-0.3, -0.25) is 9.59 Å². The van der Waals surface area contributed by atoms with Crippen LogP contribution in [-0.2, 0) is 14.3 Å². The summed E-state index contributed by atoms with van der Waals surface area (Å²) in [6.07, 6.45) is 1.13. The van der Waals surface area contributed by atoms with Crippen LogP contribution in [0.5, 0.6) is 0 Å². The van der Waals surface area contributed by atoms with Gasteiger partial charge in [0.1, 0.15) is 5.75 Å². The van der Waals surface area contributed by atoms with Gasteiger partial charge >= 0.3 is 5.97 Å². The fraction of sp³-hybridized carbons (Fsp3) is 0.375. The number of nitrogens with zero attached hydrogens (tertiary/aromatic N) is 2. The van der Waals surface area contributed by atoms with Crippen molar-refractivity contribution in [1.82, 2.24) is 15.5 Å². The number of benzene rings is 1. The molecular formula is C16H16ClN3O4S. The molecule has 0 spiro atoms. The van der Waals surface area contributed by atoms with Crippen LogP contribution in [0.15, 0.2) is 33.9 Å². The summed E-state index contributed by atoms with van der Waals surface area (Å²) in [4.78, 5) is 23.6. The van der Waals surface area contributed by atoms with E-state index in [-0.39, 0.29) is 28.8 Å². The van der Waals surface area contributed by atoms with Crippen LogP contribution in [0.2, 0.25) is 5.02 Å². The van der Waals surface area contributed by atoms with E-state index in [1.54, 1.807) is 25.1 Å². The number of halogens is 1. The highest BCUT2D eigenvalue weighted by Gasteiger charge is 2.27. The van der Waals surface area contributed by atoms with E-state index < -0.39 is 12.1 Å². The summed E-state index contributed by atoms with van der Waals surface area (Å²) in [5, 5.41) is 11.3. The quantitative estimate of drug-likeness (QED) is 0.582. The van der Waals surface area contributed by atoms with Crippen LogP contribution < -0.4 is 5.32 Å². The third-order valence-corrected chi connectivity index (χ3v) is 4.55. The zero-order valence-corrected chi connectivity index (χ0v) is 15.0. The van der Waals surface area contributed by atoms with Gasteiger partial charge in [0.15, 0.2) is 6.10 Å². The lowest BCUT2D eigenvalue weighted by Gasteiger charge is -2.12. The normalized spacial score (nSPS) is 14.8. The topological polar surface area (TPSA) is 94.3 Å². The minimum atomic E-state index is -0.824. The Morgan fingerprint density at radius 1 is 1.40 bits per heavy atom. The van der Waals surface area contributed by atoms with Crippen molar-refractivity contribution in [3.05, 3.63) is 29.3 Å². The summed E-state index contributed by atoms with van der Waals surface area (Å²) in [7, 11) is 0. The Kier molecular flexibility index (Phi) is 5.60. The monoisotopic (exact) mass is 381 g/mol. The highest BCUT2D eigenvalue weighted by Crippen LogP contribution is 2.28. The second-order valence-corrected chi connectivity index (χ2v) is 6.89. The largest absolute Gasteiger partial charge is 0.452 e. The molecule has 132 valence electrons. The first-order chi connectivity index (χ1) is 12.0. The molecule has 7 nitrogen and oxygen atoms in total. The molecule has 0 unspecified atom stereocenters. The predicted octanol–water partition coefficient (Wildman–Crippen LogP) is 2.69. The molecule has 25 heavy (non-hydrogen) atoms. The van der Waals surface area contributed by atoms with Gasteiger partial charge in [-0.2, -0.15) is 0 Å². The van der Waals surface area contributed by atoms with Crippen LogP contribution in [0.3, 0.4) is 0 Å².